The molecule has 4 heteroatoms. The van der Waals surface area contributed by atoms with Crippen LogP contribution in [0.3, 0.4) is 0 Å². The third-order valence-electron chi connectivity index (χ3n) is 3.13. The fourth-order valence-corrected chi connectivity index (χ4v) is 3.16. The first kappa shape index (κ1) is 15.6. The summed E-state index contributed by atoms with van der Waals surface area (Å²) < 4.78 is 11.7. The Labute approximate surface area is 136 Å². The predicted octanol–water partition coefficient (Wildman–Crippen LogP) is 5.43. The molecule has 0 unspecified atom stereocenters. The topological polar surface area (TPSA) is 18.5 Å². The van der Waals surface area contributed by atoms with E-state index < -0.39 is 0 Å². The summed E-state index contributed by atoms with van der Waals surface area (Å²) in [5.41, 5.74) is 2.32. The van der Waals surface area contributed by atoms with Gasteiger partial charge in [-0.3, -0.25) is 0 Å². The molecule has 0 fully saturated rings. The molecular formula is C16H18Br2O2. The van der Waals surface area contributed by atoms with Crippen molar-refractivity contribution < 1.29 is 9.47 Å². The second-order valence-corrected chi connectivity index (χ2v) is 5.46. The molecule has 0 saturated heterocycles. The monoisotopic (exact) mass is 400 g/mol. The van der Waals surface area contributed by atoms with E-state index in [1.807, 2.05) is 13.8 Å². The zero-order chi connectivity index (χ0) is 14.5. The van der Waals surface area contributed by atoms with Gasteiger partial charge in [-0.1, -0.05) is 56.1 Å². The number of hydrogen-bond donors (Lipinski definition) is 0. The summed E-state index contributed by atoms with van der Waals surface area (Å²) in [5.74, 6) is 1.90. The van der Waals surface area contributed by atoms with E-state index in [0.717, 1.165) is 44.1 Å². The second kappa shape index (κ2) is 7.32. The number of rotatable bonds is 6. The van der Waals surface area contributed by atoms with Crippen molar-refractivity contribution in [1.82, 2.24) is 0 Å². The predicted molar refractivity (Wildman–Crippen MR) is 91.5 cm³/mol. The molecule has 2 aromatic rings. The average molecular weight is 402 g/mol. The van der Waals surface area contributed by atoms with Gasteiger partial charge in [-0.25, -0.2) is 0 Å². The van der Waals surface area contributed by atoms with Crippen LogP contribution in [0.25, 0.3) is 10.8 Å². The Kier molecular flexibility index (Phi) is 5.73. The van der Waals surface area contributed by atoms with Gasteiger partial charge in [0.15, 0.2) is 0 Å². The Morgan fingerprint density at radius 3 is 1.45 bits per heavy atom. The molecule has 2 nitrogen and oxygen atoms in total. The van der Waals surface area contributed by atoms with E-state index in [2.05, 4.69) is 56.1 Å². The van der Waals surface area contributed by atoms with Gasteiger partial charge in [0.05, 0.1) is 13.2 Å². The Bertz CT molecular complexity index is 543. The molecule has 2 rings (SSSR count). The summed E-state index contributed by atoms with van der Waals surface area (Å²) in [6.07, 6.45) is 0. The maximum Gasteiger partial charge on any atom is 0.131 e. The molecule has 0 radical (unpaired) electrons. The Morgan fingerprint density at radius 1 is 0.750 bits per heavy atom. The van der Waals surface area contributed by atoms with Crippen molar-refractivity contribution in [3.05, 3.63) is 35.4 Å². The quantitative estimate of drug-likeness (QED) is 0.601. The van der Waals surface area contributed by atoms with E-state index in [0.29, 0.717) is 13.2 Å². The van der Waals surface area contributed by atoms with Gasteiger partial charge < -0.3 is 9.47 Å². The number of fused-ring (bicyclic) bond motifs is 1. The molecule has 0 N–H and O–H groups in total. The summed E-state index contributed by atoms with van der Waals surface area (Å²) in [5, 5.41) is 3.78. The SMILES string of the molecule is CCOc1c(CBr)ccc2c(OCC)c(CBr)ccc12. The van der Waals surface area contributed by atoms with Crippen LogP contribution >= 0.6 is 31.9 Å². The number of ether oxygens (including phenoxy) is 2. The minimum atomic E-state index is 0.656. The molecule has 20 heavy (non-hydrogen) atoms. The standard InChI is InChI=1S/C16H18Br2O2/c1-3-19-15-11(9-17)5-8-14-13(15)7-6-12(10-18)16(14)20-4-2/h5-8H,3-4,9-10H2,1-2H3. The first-order chi connectivity index (χ1) is 9.76. The van der Waals surface area contributed by atoms with Crippen molar-refractivity contribution in [3.8, 4) is 11.5 Å². The van der Waals surface area contributed by atoms with Gasteiger partial charge in [0, 0.05) is 32.6 Å². The molecule has 0 aliphatic rings. The van der Waals surface area contributed by atoms with E-state index in [4.69, 9.17) is 9.47 Å². The zero-order valence-corrected chi connectivity index (χ0v) is 14.9. The molecule has 0 spiro atoms. The van der Waals surface area contributed by atoms with Gasteiger partial charge >= 0.3 is 0 Å². The molecule has 0 aliphatic carbocycles. The van der Waals surface area contributed by atoms with Crippen LogP contribution in [-0.4, -0.2) is 13.2 Å². The second-order valence-electron chi connectivity index (χ2n) is 4.34. The maximum absolute atomic E-state index is 5.85. The Balaban J connectivity index is 2.72. The van der Waals surface area contributed by atoms with Gasteiger partial charge in [-0.15, -0.1) is 0 Å². The van der Waals surface area contributed by atoms with E-state index in [1.54, 1.807) is 0 Å². The van der Waals surface area contributed by atoms with Crippen molar-refractivity contribution in [3.63, 3.8) is 0 Å². The Hall–Kier alpha value is -0.740. The molecule has 0 amide bonds. The van der Waals surface area contributed by atoms with Crippen molar-refractivity contribution in [2.24, 2.45) is 0 Å². The number of benzene rings is 2. The van der Waals surface area contributed by atoms with Crippen LogP contribution in [0.4, 0.5) is 0 Å². The fourth-order valence-electron chi connectivity index (χ4n) is 2.28. The number of alkyl halides is 2. The molecule has 0 saturated carbocycles. The van der Waals surface area contributed by atoms with Crippen LogP contribution in [-0.2, 0) is 10.7 Å². The molecule has 0 heterocycles. The third kappa shape index (κ3) is 2.96. The highest BCUT2D eigenvalue weighted by Crippen LogP contribution is 2.38. The van der Waals surface area contributed by atoms with Gasteiger partial charge in [0.25, 0.3) is 0 Å². The smallest absolute Gasteiger partial charge is 0.131 e. The molecule has 0 aromatic heterocycles. The highest BCUT2D eigenvalue weighted by molar-refractivity contribution is 9.08. The van der Waals surface area contributed by atoms with Crippen LogP contribution < -0.4 is 9.47 Å². The largest absolute Gasteiger partial charge is 0.493 e. The lowest BCUT2D eigenvalue weighted by Crippen LogP contribution is -2.00. The summed E-state index contributed by atoms with van der Waals surface area (Å²) in [4.78, 5) is 0. The summed E-state index contributed by atoms with van der Waals surface area (Å²) in [7, 11) is 0. The normalized spacial score (nSPS) is 10.8. The molecule has 0 aliphatic heterocycles. The third-order valence-corrected chi connectivity index (χ3v) is 4.34. The first-order valence-corrected chi connectivity index (χ1v) is 8.96. The highest BCUT2D eigenvalue weighted by atomic mass is 79.9. The molecule has 2 aromatic carbocycles. The van der Waals surface area contributed by atoms with Crippen molar-refractivity contribution in [1.29, 1.82) is 0 Å². The molecule has 0 bridgehead atoms. The minimum Gasteiger partial charge on any atom is -0.493 e. The summed E-state index contributed by atoms with van der Waals surface area (Å²) in [6, 6.07) is 8.43. The van der Waals surface area contributed by atoms with Crippen molar-refractivity contribution >= 4 is 42.6 Å². The van der Waals surface area contributed by atoms with Gasteiger partial charge in [-0.2, -0.15) is 0 Å². The van der Waals surface area contributed by atoms with Crippen LogP contribution in [0.5, 0.6) is 11.5 Å². The lowest BCUT2D eigenvalue weighted by atomic mass is 10.0. The molecule has 0 atom stereocenters. The lowest BCUT2D eigenvalue weighted by Gasteiger charge is -2.16. The van der Waals surface area contributed by atoms with Crippen LogP contribution in [0, 0.1) is 0 Å². The van der Waals surface area contributed by atoms with Gasteiger partial charge in [0.2, 0.25) is 0 Å². The number of hydrogen-bond acceptors (Lipinski definition) is 2. The van der Waals surface area contributed by atoms with E-state index >= 15 is 0 Å². The van der Waals surface area contributed by atoms with Crippen LogP contribution in [0.1, 0.15) is 25.0 Å². The summed E-state index contributed by atoms with van der Waals surface area (Å²) >= 11 is 7.05. The van der Waals surface area contributed by atoms with Crippen LogP contribution in [0.2, 0.25) is 0 Å². The highest BCUT2D eigenvalue weighted by Gasteiger charge is 2.14. The van der Waals surface area contributed by atoms with E-state index in [1.165, 1.54) is 0 Å². The van der Waals surface area contributed by atoms with Crippen molar-refractivity contribution in [2.45, 2.75) is 24.5 Å². The summed E-state index contributed by atoms with van der Waals surface area (Å²) in [6.45, 7) is 5.33. The fraction of sp³-hybridized carbons (Fsp3) is 0.375. The average Bonchev–Trinajstić information content (AvgIpc) is 2.48. The minimum absolute atomic E-state index is 0.656. The zero-order valence-electron chi connectivity index (χ0n) is 11.7. The molecule has 108 valence electrons. The number of halogens is 2. The maximum atomic E-state index is 5.85. The Morgan fingerprint density at radius 2 is 1.15 bits per heavy atom. The van der Waals surface area contributed by atoms with E-state index in [9.17, 15) is 0 Å². The van der Waals surface area contributed by atoms with Crippen molar-refractivity contribution in [2.75, 3.05) is 13.2 Å². The first-order valence-electron chi connectivity index (χ1n) is 6.71. The van der Waals surface area contributed by atoms with Crippen LogP contribution in [0.15, 0.2) is 24.3 Å². The lowest BCUT2D eigenvalue weighted by molar-refractivity contribution is 0.338. The van der Waals surface area contributed by atoms with E-state index in [-0.39, 0.29) is 0 Å². The van der Waals surface area contributed by atoms with Gasteiger partial charge in [0.1, 0.15) is 11.5 Å². The molecular weight excluding hydrogens is 384 g/mol. The van der Waals surface area contributed by atoms with Gasteiger partial charge in [-0.05, 0) is 13.8 Å².